The monoisotopic (exact) mass is 466 g/mol. The molecular weight excluding hydrogens is 450 g/mol. The first-order valence-electron chi connectivity index (χ1n) is 8.34. The molecule has 134 valence electrons. The fourth-order valence-corrected chi connectivity index (χ4v) is 3.40. The standard InChI is InChI=1S/C17H16FIN6O/c18-14-5-4-11(21-16(19)26)8-13(14)15-22-17-20-9-12(10-25(17)23-15)24-6-2-1-3-7-24/h4-5,8-10H,1-3,6-7H2,(H,21,26). The summed E-state index contributed by atoms with van der Waals surface area (Å²) in [7, 11) is 0. The minimum atomic E-state index is -0.455. The Bertz CT molecular complexity index is 969. The number of rotatable bonds is 3. The number of carbonyl (C=O) groups is 1. The second-order valence-corrected chi connectivity index (χ2v) is 7.11. The molecule has 2 aromatic heterocycles. The predicted octanol–water partition coefficient (Wildman–Crippen LogP) is 3.89. The molecule has 0 bridgehead atoms. The number of nitrogens with zero attached hydrogens (tertiary/aromatic N) is 5. The molecule has 1 fully saturated rings. The molecule has 3 heterocycles. The van der Waals surface area contributed by atoms with Gasteiger partial charge in [-0.3, -0.25) is 4.79 Å². The van der Waals surface area contributed by atoms with Crippen molar-refractivity contribution in [2.45, 2.75) is 19.3 Å². The van der Waals surface area contributed by atoms with E-state index in [0.29, 0.717) is 11.5 Å². The quantitative estimate of drug-likeness (QED) is 0.360. The van der Waals surface area contributed by atoms with Crippen LogP contribution in [0.25, 0.3) is 17.2 Å². The lowest BCUT2D eigenvalue weighted by Gasteiger charge is -2.28. The number of benzene rings is 1. The maximum atomic E-state index is 14.3. The van der Waals surface area contributed by atoms with Crippen molar-refractivity contribution in [3.05, 3.63) is 36.4 Å². The zero-order valence-corrected chi connectivity index (χ0v) is 16.0. The van der Waals surface area contributed by atoms with Gasteiger partial charge in [-0.2, -0.15) is 4.98 Å². The van der Waals surface area contributed by atoms with Crippen molar-refractivity contribution >= 4 is 43.7 Å². The number of piperidine rings is 1. The topological polar surface area (TPSA) is 75.4 Å². The summed E-state index contributed by atoms with van der Waals surface area (Å²) in [6, 6.07) is 4.31. The molecule has 0 radical (unpaired) electrons. The fraction of sp³-hybridized carbons (Fsp3) is 0.294. The summed E-state index contributed by atoms with van der Waals surface area (Å²) >= 11 is 1.62. The number of carbonyl (C=O) groups excluding carboxylic acids is 1. The van der Waals surface area contributed by atoms with Gasteiger partial charge in [0.05, 0.1) is 23.6 Å². The normalized spacial score (nSPS) is 14.6. The molecule has 1 saturated heterocycles. The fourth-order valence-electron chi connectivity index (χ4n) is 3.09. The van der Waals surface area contributed by atoms with Crippen molar-refractivity contribution < 1.29 is 9.18 Å². The highest BCUT2D eigenvalue weighted by Crippen LogP contribution is 2.25. The average Bonchev–Trinajstić information content (AvgIpc) is 3.06. The molecule has 1 aliphatic rings. The van der Waals surface area contributed by atoms with E-state index < -0.39 is 5.82 Å². The molecule has 1 aliphatic heterocycles. The van der Waals surface area contributed by atoms with Gasteiger partial charge in [-0.25, -0.2) is 13.9 Å². The number of halogens is 2. The lowest BCUT2D eigenvalue weighted by Crippen LogP contribution is -2.29. The number of nitrogens with one attached hydrogen (secondary N) is 1. The summed E-state index contributed by atoms with van der Waals surface area (Å²) < 4.78 is 15.6. The molecule has 9 heteroatoms. The van der Waals surface area contributed by atoms with Crippen LogP contribution in [0.4, 0.5) is 20.6 Å². The van der Waals surface area contributed by atoms with Crippen molar-refractivity contribution in [2.24, 2.45) is 0 Å². The van der Waals surface area contributed by atoms with E-state index in [1.807, 2.05) is 6.20 Å². The maximum absolute atomic E-state index is 14.3. The Morgan fingerprint density at radius 2 is 2.04 bits per heavy atom. The van der Waals surface area contributed by atoms with Crippen LogP contribution in [-0.4, -0.2) is 36.6 Å². The lowest BCUT2D eigenvalue weighted by molar-refractivity contribution is 0.272. The van der Waals surface area contributed by atoms with E-state index in [1.165, 1.54) is 37.5 Å². The average molecular weight is 466 g/mol. The van der Waals surface area contributed by atoms with Crippen molar-refractivity contribution in [3.63, 3.8) is 0 Å². The summed E-state index contributed by atoms with van der Waals surface area (Å²) in [4.78, 5) is 22.2. The summed E-state index contributed by atoms with van der Waals surface area (Å²) in [6.07, 6.45) is 7.24. The van der Waals surface area contributed by atoms with E-state index >= 15 is 0 Å². The third-order valence-corrected chi connectivity index (χ3v) is 4.62. The molecule has 1 aromatic carbocycles. The summed E-state index contributed by atoms with van der Waals surface area (Å²) in [5.74, 6) is 0.183. The van der Waals surface area contributed by atoms with Gasteiger partial charge in [0.1, 0.15) is 5.82 Å². The molecule has 0 aliphatic carbocycles. The Morgan fingerprint density at radius 1 is 1.23 bits per heavy atom. The van der Waals surface area contributed by atoms with E-state index in [1.54, 1.807) is 33.3 Å². The molecule has 3 aromatic rings. The van der Waals surface area contributed by atoms with Gasteiger partial charge in [-0.15, -0.1) is 5.10 Å². The zero-order chi connectivity index (χ0) is 18.1. The van der Waals surface area contributed by atoms with E-state index in [4.69, 9.17) is 0 Å². The predicted molar refractivity (Wildman–Crippen MR) is 105 cm³/mol. The number of fused-ring (bicyclic) bond motifs is 1. The minimum absolute atomic E-state index is 0.220. The third kappa shape index (κ3) is 3.48. The van der Waals surface area contributed by atoms with Crippen molar-refractivity contribution in [1.29, 1.82) is 0 Å². The highest BCUT2D eigenvalue weighted by Gasteiger charge is 2.16. The number of aromatic nitrogens is 4. The Morgan fingerprint density at radius 3 is 2.81 bits per heavy atom. The summed E-state index contributed by atoms with van der Waals surface area (Å²) in [6.45, 7) is 2.00. The van der Waals surface area contributed by atoms with Gasteiger partial charge in [-0.05, 0) is 37.5 Å². The van der Waals surface area contributed by atoms with Crippen LogP contribution in [0.3, 0.4) is 0 Å². The second-order valence-electron chi connectivity index (χ2n) is 6.13. The Balaban J connectivity index is 1.70. The van der Waals surface area contributed by atoms with Gasteiger partial charge in [0.15, 0.2) is 5.82 Å². The van der Waals surface area contributed by atoms with Crippen LogP contribution >= 0.6 is 22.6 Å². The highest BCUT2D eigenvalue weighted by atomic mass is 127. The van der Waals surface area contributed by atoms with Crippen molar-refractivity contribution in [3.8, 4) is 11.4 Å². The van der Waals surface area contributed by atoms with Crippen LogP contribution in [0.5, 0.6) is 0 Å². The van der Waals surface area contributed by atoms with Crippen LogP contribution in [0.1, 0.15) is 19.3 Å². The first-order chi connectivity index (χ1) is 12.6. The van der Waals surface area contributed by atoms with E-state index in [9.17, 15) is 9.18 Å². The second kappa shape index (κ2) is 7.14. The minimum Gasteiger partial charge on any atom is -0.369 e. The van der Waals surface area contributed by atoms with Crippen LogP contribution in [0, 0.1) is 5.82 Å². The molecule has 0 saturated carbocycles. The van der Waals surface area contributed by atoms with Gasteiger partial charge in [-0.1, -0.05) is 0 Å². The molecule has 0 spiro atoms. The van der Waals surface area contributed by atoms with Gasteiger partial charge in [0.25, 0.3) is 9.69 Å². The molecule has 0 unspecified atom stereocenters. The number of anilines is 2. The maximum Gasteiger partial charge on any atom is 0.284 e. The first-order valence-corrected chi connectivity index (χ1v) is 9.42. The first kappa shape index (κ1) is 17.1. The number of hydrogen-bond acceptors (Lipinski definition) is 5. The van der Waals surface area contributed by atoms with Crippen molar-refractivity contribution in [1.82, 2.24) is 19.6 Å². The summed E-state index contributed by atoms with van der Waals surface area (Å²) in [5.41, 5.74) is 1.69. The van der Waals surface area contributed by atoms with Gasteiger partial charge in [0, 0.05) is 41.4 Å². The molecule has 1 N–H and O–H groups in total. The SMILES string of the molecule is O=C(I)Nc1ccc(F)c(-c2nc3ncc(N4CCCCC4)cn3n2)c1. The molecule has 7 nitrogen and oxygen atoms in total. The zero-order valence-electron chi connectivity index (χ0n) is 13.8. The third-order valence-electron chi connectivity index (χ3n) is 4.35. The van der Waals surface area contributed by atoms with Crippen LogP contribution < -0.4 is 10.2 Å². The Hall–Kier alpha value is -2.30. The van der Waals surface area contributed by atoms with Crippen molar-refractivity contribution in [2.75, 3.05) is 23.3 Å². The van der Waals surface area contributed by atoms with Gasteiger partial charge < -0.3 is 10.2 Å². The van der Waals surface area contributed by atoms with Crippen LogP contribution in [0.2, 0.25) is 0 Å². The molecule has 0 atom stereocenters. The molecule has 4 rings (SSSR count). The van der Waals surface area contributed by atoms with E-state index in [-0.39, 0.29) is 15.3 Å². The van der Waals surface area contributed by atoms with E-state index in [0.717, 1.165) is 18.8 Å². The van der Waals surface area contributed by atoms with Crippen LogP contribution in [0.15, 0.2) is 30.6 Å². The van der Waals surface area contributed by atoms with Gasteiger partial charge in [0.2, 0.25) is 0 Å². The largest absolute Gasteiger partial charge is 0.369 e. The van der Waals surface area contributed by atoms with E-state index in [2.05, 4.69) is 25.3 Å². The molecule has 26 heavy (non-hydrogen) atoms. The highest BCUT2D eigenvalue weighted by molar-refractivity contribution is 14.1. The Kier molecular flexibility index (Phi) is 4.70. The lowest BCUT2D eigenvalue weighted by atomic mass is 10.1. The smallest absolute Gasteiger partial charge is 0.284 e. The van der Waals surface area contributed by atoms with Crippen LogP contribution in [-0.2, 0) is 0 Å². The molecular formula is C17H16FIN6O. The number of hydrogen-bond donors (Lipinski definition) is 1. The summed E-state index contributed by atoms with van der Waals surface area (Å²) in [5, 5.41) is 7.01. The Labute approximate surface area is 162 Å². The number of amides is 1. The van der Waals surface area contributed by atoms with Gasteiger partial charge >= 0.3 is 0 Å². The molecule has 1 amide bonds.